The summed E-state index contributed by atoms with van der Waals surface area (Å²) in [4.78, 5) is 49.4. The van der Waals surface area contributed by atoms with Gasteiger partial charge in [0.25, 0.3) is 0 Å². The lowest BCUT2D eigenvalue weighted by Crippen LogP contribution is -2.59. The van der Waals surface area contributed by atoms with E-state index in [4.69, 9.17) is 65.4 Å². The molecule has 0 saturated heterocycles. The minimum atomic E-state index is -4.25. The number of benzene rings is 8. The van der Waals surface area contributed by atoms with E-state index in [2.05, 4.69) is 0 Å². The van der Waals surface area contributed by atoms with Crippen molar-refractivity contribution in [1.29, 1.82) is 0 Å². The first-order chi connectivity index (χ1) is 53.1. The molecule has 4 fully saturated rings. The topological polar surface area (TPSA) is 242 Å². The largest absolute Gasteiger partial charge is 0.490 e. The summed E-state index contributed by atoms with van der Waals surface area (Å²) in [7, 11) is -16.9. The second-order valence-electron chi connectivity index (χ2n) is 30.0. The van der Waals surface area contributed by atoms with Gasteiger partial charge in [0, 0.05) is 101 Å². The number of ketones is 4. The standard InChI is InChI=1S/2C21H19ClF2O4S.C20H17ClF2O4S.C19H15ClF2O4S.CH4.B/c1-11-9-21(29(26,27)14-5-3-13(22)4-6-14)15(12(2)19(11)25)10-28-20-17(24)8-7-16(23)18(20)21;1-20(2)16-11-28-19-15(24)8-7-14(23)18(19)21(16,10-9-17(20)25)29(26,27)13-5-3-12(22)4-6-13;1-11-14-10-27-19-16(23)7-6-15(22)18(19)20(14,9-8-17(11)24)28(25,26)13-4-2-12(21)3-5-13;20-12-1-3-14(4-2-12)27(24,25)19-8-7-13(23)9-11(19)10-26-18-16(22)6-5-15(21)17(18)19;;/h3-8,11-12,15H,9-10H2,1-2H3;3-8,16H,9-11H2,1-2H3;2-7,11,14H,8-10H2,1H3;1-6,11H,7-10H2;1H4;/t11-,12+,15+,21+;16-,21-;11-,14-,20-;11-,19+;;/m1001../s1. The maximum Gasteiger partial charge on any atom is 0.188 e. The van der Waals surface area contributed by atoms with Gasteiger partial charge in [-0.25, -0.2) is 68.8 Å². The molecule has 11 atom stereocenters. The molecule has 4 saturated carbocycles. The molecule has 4 aliphatic heterocycles. The van der Waals surface area contributed by atoms with Gasteiger partial charge >= 0.3 is 0 Å². The summed E-state index contributed by atoms with van der Waals surface area (Å²) in [5.74, 6) is -14.2. The Morgan fingerprint density at radius 3 is 1.09 bits per heavy atom. The van der Waals surface area contributed by atoms with Gasteiger partial charge in [0.2, 0.25) is 0 Å². The molecule has 0 bridgehead atoms. The quantitative estimate of drug-likeness (QED) is 0.101. The van der Waals surface area contributed by atoms with Crippen molar-refractivity contribution in [3.05, 3.63) is 234 Å². The van der Waals surface area contributed by atoms with Crippen LogP contribution in [-0.4, -0.2) is 91.6 Å². The van der Waals surface area contributed by atoms with E-state index in [-0.39, 0.29) is 159 Å². The Bertz CT molecular complexity index is 5590. The third-order valence-electron chi connectivity index (χ3n) is 24.0. The van der Waals surface area contributed by atoms with E-state index >= 15 is 8.78 Å². The number of carbonyl (C=O) groups is 4. The SMILES string of the molecule is C.CC1(C)C(=O)CC[C@@]2(S(=O)(=O)c3ccc(Cl)cc3)c3c(F)ccc(F)c3OC[C@@H]12.C[C@@H]1C(=O)CC[C@@]2(S(=O)(=O)c3ccc(Cl)cc3)c3c(F)ccc(F)c3OC[C@@H]12.C[C@@H]1C[C@@]2(S(=O)(=O)c3ccc(Cl)cc3)c3c(F)ccc(F)c3OC[C@H]2[C@H](C)C1=O.O=C1CC[C@@]2(S(=O)(=O)c3ccc(Cl)cc3)c3c(F)ccc(F)c3OC[C@H]2C1.[B]. The Kier molecular flexibility index (Phi) is 24.5. The lowest BCUT2D eigenvalue weighted by atomic mass is 9.60. The van der Waals surface area contributed by atoms with Gasteiger partial charge in [-0.15, -0.1) is 0 Å². The molecule has 0 unspecified atom stereocenters. The second kappa shape index (κ2) is 32.1. The highest BCUT2D eigenvalue weighted by Crippen LogP contribution is 2.64. The van der Waals surface area contributed by atoms with Gasteiger partial charge in [-0.2, -0.15) is 0 Å². The summed E-state index contributed by atoms with van der Waals surface area (Å²) in [5.41, 5.74) is -2.40. The number of sulfone groups is 4. The summed E-state index contributed by atoms with van der Waals surface area (Å²) in [5, 5.41) is 1.40. The highest BCUT2D eigenvalue weighted by atomic mass is 35.5. The molecule has 16 nitrogen and oxygen atoms in total. The van der Waals surface area contributed by atoms with Crippen LogP contribution < -0.4 is 18.9 Å². The summed E-state index contributed by atoms with van der Waals surface area (Å²) in [6.45, 7) is 7.37. The lowest BCUT2D eigenvalue weighted by Gasteiger charge is -2.53. The Balaban J connectivity index is 0.000000150. The number of ether oxygens (including phenoxy) is 4. The molecule has 609 valence electrons. The first-order valence-corrected chi connectivity index (χ1v) is 43.1. The number of hydrogen-bond donors (Lipinski definition) is 0. The van der Waals surface area contributed by atoms with Crippen molar-refractivity contribution >= 4 is 117 Å². The molecule has 3 radical (unpaired) electrons. The van der Waals surface area contributed by atoms with E-state index < -0.39 is 175 Å². The molecule has 0 spiro atoms. The van der Waals surface area contributed by atoms with E-state index in [1.807, 2.05) is 0 Å². The normalized spacial score (nSPS) is 26.1. The van der Waals surface area contributed by atoms with Crippen LogP contribution in [0, 0.1) is 93.4 Å². The zero-order valence-electron chi connectivity index (χ0n) is 61.2. The van der Waals surface area contributed by atoms with Gasteiger partial charge in [-0.05, 0) is 171 Å². The summed E-state index contributed by atoms with van der Waals surface area (Å²) < 4.78 is 243. The van der Waals surface area contributed by atoms with Gasteiger partial charge in [0.1, 0.15) is 65.4 Å². The van der Waals surface area contributed by atoms with Crippen molar-refractivity contribution in [3.8, 4) is 23.0 Å². The number of rotatable bonds is 8. The van der Waals surface area contributed by atoms with Gasteiger partial charge in [0.15, 0.2) is 85.6 Å². The Morgan fingerprint density at radius 1 is 0.374 bits per heavy atom. The minimum absolute atomic E-state index is 0. The highest BCUT2D eigenvalue weighted by Gasteiger charge is 2.68. The first-order valence-electron chi connectivity index (χ1n) is 35.7. The lowest BCUT2D eigenvalue weighted by molar-refractivity contribution is -0.136. The highest BCUT2D eigenvalue weighted by molar-refractivity contribution is 7.93. The third kappa shape index (κ3) is 14.0. The number of hydrogen-bond acceptors (Lipinski definition) is 16. The van der Waals surface area contributed by atoms with Crippen LogP contribution >= 0.6 is 46.4 Å². The molecule has 0 amide bonds. The Hall–Kier alpha value is -7.90. The smallest absolute Gasteiger partial charge is 0.188 e. The summed E-state index contributed by atoms with van der Waals surface area (Å²) in [6.07, 6.45) is -0.766. The monoisotopic (exact) mass is 1750 g/mol. The molecule has 33 heteroatoms. The summed E-state index contributed by atoms with van der Waals surface area (Å²) >= 11 is 23.6. The van der Waals surface area contributed by atoms with E-state index in [1.54, 1.807) is 34.6 Å². The van der Waals surface area contributed by atoms with Crippen LogP contribution in [-0.2, 0) is 77.5 Å². The van der Waals surface area contributed by atoms with Gasteiger partial charge in [-0.1, -0.05) is 88.4 Å². The van der Waals surface area contributed by atoms with Gasteiger partial charge < -0.3 is 18.9 Å². The molecule has 0 aromatic heterocycles. The van der Waals surface area contributed by atoms with Crippen molar-refractivity contribution in [2.24, 2.45) is 46.8 Å². The van der Waals surface area contributed by atoms with Crippen LogP contribution in [0.3, 0.4) is 0 Å². The van der Waals surface area contributed by atoms with Crippen LogP contribution in [0.5, 0.6) is 23.0 Å². The van der Waals surface area contributed by atoms with Crippen LogP contribution in [0.4, 0.5) is 35.1 Å². The number of carbonyl (C=O) groups excluding carboxylic acids is 4. The average Bonchev–Trinajstić information content (AvgIpc) is 0.422. The molecule has 4 heterocycles. The molecular formula is C82H74BCl4F8O16S4. The molecule has 4 aliphatic carbocycles. The van der Waals surface area contributed by atoms with Crippen molar-refractivity contribution in [2.45, 2.75) is 132 Å². The maximum absolute atomic E-state index is 15.1. The van der Waals surface area contributed by atoms with Crippen molar-refractivity contribution in [1.82, 2.24) is 0 Å². The molecular weight excluding hydrogens is 1670 g/mol. The zero-order valence-corrected chi connectivity index (χ0v) is 67.5. The molecule has 8 aromatic rings. The molecule has 8 aliphatic rings. The third-order valence-corrected chi connectivity index (χ3v) is 35.2. The predicted molar refractivity (Wildman–Crippen MR) is 413 cm³/mol. The molecule has 0 N–H and O–H groups in total. The van der Waals surface area contributed by atoms with Crippen LogP contribution in [0.15, 0.2) is 165 Å². The van der Waals surface area contributed by atoms with Gasteiger partial charge in [0.05, 0.1) is 68.3 Å². The molecule has 115 heavy (non-hydrogen) atoms. The van der Waals surface area contributed by atoms with E-state index in [0.29, 0.717) is 20.1 Å². The fraction of sp³-hybridized carbons (Fsp3) is 0.366. The van der Waals surface area contributed by atoms with Crippen molar-refractivity contribution < 1.29 is 107 Å². The number of Topliss-reactive ketones (excluding diaryl/α,β-unsaturated/α-hetero) is 4. The van der Waals surface area contributed by atoms with Crippen LogP contribution in [0.1, 0.15) is 116 Å². The van der Waals surface area contributed by atoms with E-state index in [0.717, 1.165) is 48.5 Å². The van der Waals surface area contributed by atoms with E-state index in [1.165, 1.54) is 97.1 Å². The van der Waals surface area contributed by atoms with Crippen LogP contribution in [0.25, 0.3) is 0 Å². The number of halogens is 12. The summed E-state index contributed by atoms with van der Waals surface area (Å²) in [6, 6.07) is 29.5. The molecule has 16 rings (SSSR count). The van der Waals surface area contributed by atoms with E-state index in [9.17, 15) is 79.2 Å². The maximum atomic E-state index is 15.1. The van der Waals surface area contributed by atoms with Crippen molar-refractivity contribution in [2.75, 3.05) is 26.4 Å². The number of fused-ring (bicyclic) bond motifs is 12. The van der Waals surface area contributed by atoms with Crippen LogP contribution in [0.2, 0.25) is 20.1 Å². The Morgan fingerprint density at radius 2 is 0.678 bits per heavy atom. The Labute approximate surface area is 682 Å². The minimum Gasteiger partial charge on any atom is -0.490 e. The molecule has 8 aromatic carbocycles. The zero-order chi connectivity index (χ0) is 82.0. The first kappa shape index (κ1) is 87.9. The van der Waals surface area contributed by atoms with Crippen molar-refractivity contribution in [3.63, 3.8) is 0 Å². The van der Waals surface area contributed by atoms with Gasteiger partial charge in [-0.3, -0.25) is 19.2 Å². The average molecular weight is 1750 g/mol. The fourth-order valence-electron chi connectivity index (χ4n) is 18.2. The predicted octanol–water partition coefficient (Wildman–Crippen LogP) is 17.8. The second-order valence-corrected chi connectivity index (χ2v) is 40.5. The fourth-order valence-corrected chi connectivity index (χ4v) is 28.4.